The van der Waals surface area contributed by atoms with Gasteiger partial charge in [0.25, 0.3) is 0 Å². The number of rotatable bonds is 8. The van der Waals surface area contributed by atoms with Crippen molar-refractivity contribution in [2.75, 3.05) is 39.1 Å². The maximum Gasteiger partial charge on any atom is 0.190 e. The predicted octanol–water partition coefficient (Wildman–Crippen LogP) is 3.14. The molecule has 0 saturated heterocycles. The first-order chi connectivity index (χ1) is 12.6. The highest BCUT2D eigenvalue weighted by molar-refractivity contribution is 6.29. The number of hydrogen-bond donors (Lipinski definition) is 2. The number of hydrogen-bond acceptors (Lipinski definition) is 3. The summed E-state index contributed by atoms with van der Waals surface area (Å²) >= 11 is 5.80. The van der Waals surface area contributed by atoms with Crippen LogP contribution in [0.4, 0.5) is 5.69 Å². The molecule has 0 fully saturated rings. The molecule has 5 nitrogen and oxygen atoms in total. The van der Waals surface area contributed by atoms with Crippen LogP contribution in [-0.2, 0) is 12.8 Å². The fourth-order valence-electron chi connectivity index (χ4n) is 2.56. The van der Waals surface area contributed by atoms with Crippen LogP contribution >= 0.6 is 11.6 Å². The van der Waals surface area contributed by atoms with Crippen molar-refractivity contribution in [3.63, 3.8) is 0 Å². The van der Waals surface area contributed by atoms with E-state index in [-0.39, 0.29) is 0 Å². The Morgan fingerprint density at radius 1 is 1.00 bits per heavy atom. The van der Waals surface area contributed by atoms with Crippen LogP contribution in [0.1, 0.15) is 17.5 Å². The summed E-state index contributed by atoms with van der Waals surface area (Å²) in [6.07, 6.45) is 4.79. The lowest BCUT2D eigenvalue weighted by atomic mass is 10.1. The molecule has 0 radical (unpaired) electrons. The lowest BCUT2D eigenvalue weighted by Gasteiger charge is -2.13. The summed E-state index contributed by atoms with van der Waals surface area (Å²) in [5.74, 6) is 0.829. The van der Waals surface area contributed by atoms with E-state index in [9.17, 15) is 0 Å². The first-order valence-electron chi connectivity index (χ1n) is 8.89. The maximum atomic E-state index is 5.80. The Morgan fingerprint density at radius 2 is 1.69 bits per heavy atom. The molecule has 0 saturated carbocycles. The average molecular weight is 374 g/mol. The summed E-state index contributed by atoms with van der Waals surface area (Å²) in [5, 5.41) is 7.21. The molecule has 2 aromatic rings. The van der Waals surface area contributed by atoms with Crippen LogP contribution in [0.5, 0.6) is 0 Å². The van der Waals surface area contributed by atoms with Crippen molar-refractivity contribution < 1.29 is 0 Å². The van der Waals surface area contributed by atoms with Crippen LogP contribution in [0.3, 0.4) is 0 Å². The average Bonchev–Trinajstić information content (AvgIpc) is 2.65. The minimum absolute atomic E-state index is 0.524. The Bertz CT molecular complexity index is 680. The molecule has 0 spiro atoms. The molecule has 0 aliphatic heterocycles. The molecule has 0 amide bonds. The molecular formula is C20H28ClN5. The van der Waals surface area contributed by atoms with E-state index in [1.54, 1.807) is 7.05 Å². The Hall–Kier alpha value is -2.27. The van der Waals surface area contributed by atoms with Gasteiger partial charge in [0, 0.05) is 46.1 Å². The minimum Gasteiger partial charge on any atom is -0.378 e. The Morgan fingerprint density at radius 3 is 2.31 bits per heavy atom. The van der Waals surface area contributed by atoms with Gasteiger partial charge < -0.3 is 15.5 Å². The summed E-state index contributed by atoms with van der Waals surface area (Å²) in [5.41, 5.74) is 3.74. The number of nitrogens with one attached hydrogen (secondary N) is 2. The number of aryl methyl sites for hydroxylation is 1. The lowest BCUT2D eigenvalue weighted by molar-refractivity contribution is 0.738. The zero-order valence-corrected chi connectivity index (χ0v) is 16.6. The molecule has 140 valence electrons. The van der Waals surface area contributed by atoms with Crippen molar-refractivity contribution in [1.29, 1.82) is 0 Å². The Labute approximate surface area is 161 Å². The van der Waals surface area contributed by atoms with E-state index in [0.717, 1.165) is 43.9 Å². The van der Waals surface area contributed by atoms with Gasteiger partial charge in [0.15, 0.2) is 5.96 Å². The second-order valence-corrected chi connectivity index (χ2v) is 6.72. The van der Waals surface area contributed by atoms with Gasteiger partial charge in [-0.2, -0.15) is 0 Å². The van der Waals surface area contributed by atoms with E-state index in [1.807, 2.05) is 18.3 Å². The SMILES string of the molecule is CN=C(NCCCc1ccc(N(C)C)cc1)NCCc1ccc(Cl)nc1. The smallest absolute Gasteiger partial charge is 0.190 e. The first-order valence-corrected chi connectivity index (χ1v) is 9.27. The second kappa shape index (κ2) is 10.7. The number of pyridine rings is 1. The highest BCUT2D eigenvalue weighted by atomic mass is 35.5. The van der Waals surface area contributed by atoms with Crippen LogP contribution in [-0.4, -0.2) is 45.2 Å². The highest BCUT2D eigenvalue weighted by Crippen LogP contribution is 2.13. The minimum atomic E-state index is 0.524. The zero-order valence-electron chi connectivity index (χ0n) is 15.8. The summed E-state index contributed by atoms with van der Waals surface area (Å²) in [4.78, 5) is 10.5. The topological polar surface area (TPSA) is 52.6 Å². The van der Waals surface area contributed by atoms with Crippen molar-refractivity contribution >= 4 is 23.2 Å². The van der Waals surface area contributed by atoms with E-state index in [2.05, 4.69) is 63.9 Å². The zero-order chi connectivity index (χ0) is 18.8. The summed E-state index contributed by atoms with van der Waals surface area (Å²) in [6, 6.07) is 12.5. The van der Waals surface area contributed by atoms with Crippen molar-refractivity contribution in [3.05, 3.63) is 58.9 Å². The summed E-state index contributed by atoms with van der Waals surface area (Å²) < 4.78 is 0. The highest BCUT2D eigenvalue weighted by Gasteiger charge is 2.00. The van der Waals surface area contributed by atoms with Gasteiger partial charge in [-0.1, -0.05) is 29.8 Å². The summed E-state index contributed by atoms with van der Waals surface area (Å²) in [6.45, 7) is 1.69. The van der Waals surface area contributed by atoms with E-state index < -0.39 is 0 Å². The Balaban J connectivity index is 1.64. The van der Waals surface area contributed by atoms with E-state index >= 15 is 0 Å². The van der Waals surface area contributed by atoms with Gasteiger partial charge in [0.2, 0.25) is 0 Å². The van der Waals surface area contributed by atoms with Gasteiger partial charge in [-0.05, 0) is 48.6 Å². The molecule has 0 aliphatic carbocycles. The number of anilines is 1. The third-order valence-corrected chi connectivity index (χ3v) is 4.33. The van der Waals surface area contributed by atoms with Crippen molar-refractivity contribution in [3.8, 4) is 0 Å². The van der Waals surface area contributed by atoms with E-state index in [1.165, 1.54) is 11.3 Å². The standard InChI is InChI=1S/C20H28ClN5/c1-22-20(24-14-12-17-8-11-19(21)25-15-17)23-13-4-5-16-6-9-18(10-7-16)26(2)3/h6-11,15H,4-5,12-14H2,1-3H3,(H2,22,23,24). The number of guanidine groups is 1. The second-order valence-electron chi connectivity index (χ2n) is 6.33. The molecule has 0 aliphatic rings. The van der Waals surface area contributed by atoms with Crippen LogP contribution in [0.15, 0.2) is 47.6 Å². The number of nitrogens with zero attached hydrogens (tertiary/aromatic N) is 3. The van der Waals surface area contributed by atoms with E-state index in [0.29, 0.717) is 5.15 Å². The molecule has 0 unspecified atom stereocenters. The molecule has 6 heteroatoms. The largest absolute Gasteiger partial charge is 0.378 e. The van der Waals surface area contributed by atoms with Gasteiger partial charge in [-0.15, -0.1) is 0 Å². The fraction of sp³-hybridized carbons (Fsp3) is 0.400. The third kappa shape index (κ3) is 6.92. The van der Waals surface area contributed by atoms with Gasteiger partial charge in [-0.25, -0.2) is 4.98 Å². The van der Waals surface area contributed by atoms with Crippen LogP contribution in [0.2, 0.25) is 5.15 Å². The maximum absolute atomic E-state index is 5.80. The quantitative estimate of drug-likeness (QED) is 0.323. The molecular weight excluding hydrogens is 346 g/mol. The lowest BCUT2D eigenvalue weighted by Crippen LogP contribution is -2.38. The number of halogens is 1. The molecule has 26 heavy (non-hydrogen) atoms. The van der Waals surface area contributed by atoms with Gasteiger partial charge in [0.1, 0.15) is 5.15 Å². The monoisotopic (exact) mass is 373 g/mol. The molecule has 2 N–H and O–H groups in total. The van der Waals surface area contributed by atoms with Crippen molar-refractivity contribution in [2.24, 2.45) is 4.99 Å². The molecule has 0 bridgehead atoms. The number of benzene rings is 1. The van der Waals surface area contributed by atoms with Crippen LogP contribution < -0.4 is 15.5 Å². The number of aliphatic imine (C=N–C) groups is 1. The molecule has 1 aromatic carbocycles. The third-order valence-electron chi connectivity index (χ3n) is 4.11. The fourth-order valence-corrected chi connectivity index (χ4v) is 2.67. The first kappa shape index (κ1) is 20.0. The van der Waals surface area contributed by atoms with Crippen LogP contribution in [0, 0.1) is 0 Å². The molecule has 1 heterocycles. The molecule has 2 rings (SSSR count). The normalized spacial score (nSPS) is 11.3. The summed E-state index contributed by atoms with van der Waals surface area (Å²) in [7, 11) is 5.90. The van der Waals surface area contributed by atoms with Gasteiger partial charge in [-0.3, -0.25) is 4.99 Å². The van der Waals surface area contributed by atoms with Crippen LogP contribution in [0.25, 0.3) is 0 Å². The van der Waals surface area contributed by atoms with E-state index in [4.69, 9.17) is 11.6 Å². The van der Waals surface area contributed by atoms with Crippen molar-refractivity contribution in [1.82, 2.24) is 15.6 Å². The molecule has 0 atom stereocenters. The Kier molecular flexibility index (Phi) is 8.22. The van der Waals surface area contributed by atoms with Gasteiger partial charge in [0.05, 0.1) is 0 Å². The molecule has 1 aromatic heterocycles. The predicted molar refractivity (Wildman–Crippen MR) is 111 cm³/mol. The number of aromatic nitrogens is 1. The van der Waals surface area contributed by atoms with Crippen molar-refractivity contribution in [2.45, 2.75) is 19.3 Å². The van der Waals surface area contributed by atoms with Gasteiger partial charge >= 0.3 is 0 Å².